The number of nitrogens with zero attached hydrogens (tertiary/aromatic N) is 1. The van der Waals surface area contributed by atoms with E-state index in [1.165, 1.54) is 0 Å². The van der Waals surface area contributed by atoms with Gasteiger partial charge in [-0.25, -0.2) is 4.39 Å². The van der Waals surface area contributed by atoms with E-state index in [9.17, 15) is 4.39 Å². The van der Waals surface area contributed by atoms with Crippen molar-refractivity contribution < 1.29 is 4.39 Å². The molecule has 17 heavy (non-hydrogen) atoms. The number of hydrogen-bond acceptors (Lipinski definition) is 2. The Bertz CT molecular complexity index is 370. The zero-order valence-corrected chi connectivity index (χ0v) is 10.7. The number of nitrogens with one attached hydrogen (secondary N) is 1. The van der Waals surface area contributed by atoms with E-state index in [2.05, 4.69) is 17.3 Å². The average molecular weight is 236 g/mol. The summed E-state index contributed by atoms with van der Waals surface area (Å²) in [5.41, 5.74) is 1.77. The van der Waals surface area contributed by atoms with Crippen LogP contribution in [-0.2, 0) is 0 Å². The first kappa shape index (κ1) is 12.4. The van der Waals surface area contributed by atoms with E-state index in [0.29, 0.717) is 5.92 Å². The zero-order chi connectivity index (χ0) is 12.3. The first-order valence-electron chi connectivity index (χ1n) is 6.42. The van der Waals surface area contributed by atoms with Gasteiger partial charge in [0.25, 0.3) is 0 Å². The first-order chi connectivity index (χ1) is 8.20. The SMILES string of the molecule is CCNc1ccc(C2CCN(C)CC2)c(F)c1. The van der Waals surface area contributed by atoms with Crippen molar-refractivity contribution in [2.24, 2.45) is 0 Å². The van der Waals surface area contributed by atoms with Crippen LogP contribution in [0.2, 0.25) is 0 Å². The fourth-order valence-electron chi connectivity index (χ4n) is 2.49. The Hall–Kier alpha value is -1.09. The topological polar surface area (TPSA) is 15.3 Å². The van der Waals surface area contributed by atoms with Gasteiger partial charge in [-0.15, -0.1) is 0 Å². The molecule has 1 aliphatic heterocycles. The van der Waals surface area contributed by atoms with Crippen LogP contribution in [0.3, 0.4) is 0 Å². The monoisotopic (exact) mass is 236 g/mol. The molecule has 0 atom stereocenters. The Balaban J connectivity index is 2.10. The van der Waals surface area contributed by atoms with Gasteiger partial charge < -0.3 is 10.2 Å². The van der Waals surface area contributed by atoms with Gasteiger partial charge in [0.2, 0.25) is 0 Å². The number of likely N-dealkylation sites (tertiary alicyclic amines) is 1. The number of piperidine rings is 1. The molecule has 1 aromatic carbocycles. The summed E-state index contributed by atoms with van der Waals surface area (Å²) >= 11 is 0. The minimum Gasteiger partial charge on any atom is -0.385 e. The van der Waals surface area contributed by atoms with Crippen molar-refractivity contribution in [3.8, 4) is 0 Å². The van der Waals surface area contributed by atoms with Crippen molar-refractivity contribution in [3.05, 3.63) is 29.6 Å². The lowest BCUT2D eigenvalue weighted by atomic mass is 9.89. The predicted octanol–water partition coefficient (Wildman–Crippen LogP) is 3.07. The van der Waals surface area contributed by atoms with Crippen LogP contribution in [-0.4, -0.2) is 31.6 Å². The van der Waals surface area contributed by atoms with Crippen LogP contribution < -0.4 is 5.32 Å². The highest BCUT2D eigenvalue weighted by molar-refractivity contribution is 5.46. The molecule has 0 saturated carbocycles. The Morgan fingerprint density at radius 1 is 1.35 bits per heavy atom. The molecule has 2 rings (SSSR count). The van der Waals surface area contributed by atoms with Crippen LogP contribution in [0.25, 0.3) is 0 Å². The standard InChI is InChI=1S/C14H21FN2/c1-3-16-12-4-5-13(14(15)10-12)11-6-8-17(2)9-7-11/h4-5,10-11,16H,3,6-9H2,1-2H3. The molecule has 94 valence electrons. The van der Waals surface area contributed by atoms with E-state index >= 15 is 0 Å². The van der Waals surface area contributed by atoms with Crippen molar-refractivity contribution >= 4 is 5.69 Å². The third-order valence-corrected chi connectivity index (χ3v) is 3.54. The number of anilines is 1. The van der Waals surface area contributed by atoms with E-state index in [0.717, 1.165) is 43.7 Å². The molecule has 1 fully saturated rings. The minimum absolute atomic E-state index is 0.0574. The predicted molar refractivity (Wildman–Crippen MR) is 70.0 cm³/mol. The minimum atomic E-state index is -0.0574. The summed E-state index contributed by atoms with van der Waals surface area (Å²) in [5.74, 6) is 0.333. The molecule has 1 heterocycles. The highest BCUT2D eigenvalue weighted by Gasteiger charge is 2.20. The molecule has 1 aromatic rings. The lowest BCUT2D eigenvalue weighted by molar-refractivity contribution is 0.253. The number of halogens is 1. The Morgan fingerprint density at radius 2 is 2.06 bits per heavy atom. The Kier molecular flexibility index (Phi) is 4.00. The number of rotatable bonds is 3. The van der Waals surface area contributed by atoms with Crippen molar-refractivity contribution in [1.82, 2.24) is 4.90 Å². The third-order valence-electron chi connectivity index (χ3n) is 3.54. The number of benzene rings is 1. The number of hydrogen-bond donors (Lipinski definition) is 1. The fourth-order valence-corrected chi connectivity index (χ4v) is 2.49. The molecular weight excluding hydrogens is 215 g/mol. The molecule has 1 aliphatic rings. The van der Waals surface area contributed by atoms with Gasteiger partial charge >= 0.3 is 0 Å². The maximum absolute atomic E-state index is 14.0. The van der Waals surface area contributed by atoms with Crippen LogP contribution in [0.15, 0.2) is 18.2 Å². The van der Waals surface area contributed by atoms with Crippen molar-refractivity contribution in [1.29, 1.82) is 0 Å². The summed E-state index contributed by atoms with van der Waals surface area (Å²) < 4.78 is 14.0. The summed E-state index contributed by atoms with van der Waals surface area (Å²) in [6.45, 7) is 4.98. The molecule has 0 unspecified atom stereocenters. The van der Waals surface area contributed by atoms with E-state index in [4.69, 9.17) is 0 Å². The van der Waals surface area contributed by atoms with E-state index in [-0.39, 0.29) is 5.82 Å². The van der Waals surface area contributed by atoms with Crippen LogP contribution in [0.5, 0.6) is 0 Å². The Labute approximate surface area is 103 Å². The highest BCUT2D eigenvalue weighted by Crippen LogP contribution is 2.30. The van der Waals surface area contributed by atoms with E-state index in [1.807, 2.05) is 19.1 Å². The largest absolute Gasteiger partial charge is 0.385 e. The molecule has 0 radical (unpaired) electrons. The lowest BCUT2D eigenvalue weighted by Crippen LogP contribution is -2.29. The van der Waals surface area contributed by atoms with Gasteiger partial charge in [-0.1, -0.05) is 6.07 Å². The van der Waals surface area contributed by atoms with Crippen LogP contribution in [0.4, 0.5) is 10.1 Å². The van der Waals surface area contributed by atoms with E-state index in [1.54, 1.807) is 6.07 Å². The smallest absolute Gasteiger partial charge is 0.128 e. The van der Waals surface area contributed by atoms with Gasteiger partial charge in [-0.05, 0) is 63.5 Å². The molecule has 3 heteroatoms. The molecular formula is C14H21FN2. The molecule has 0 aromatic heterocycles. The van der Waals surface area contributed by atoms with Crippen LogP contribution >= 0.6 is 0 Å². The highest BCUT2D eigenvalue weighted by atomic mass is 19.1. The second-order valence-electron chi connectivity index (χ2n) is 4.84. The molecule has 0 aliphatic carbocycles. The summed E-state index contributed by atoms with van der Waals surface area (Å²) in [7, 11) is 2.13. The van der Waals surface area contributed by atoms with Gasteiger partial charge in [0.15, 0.2) is 0 Å². The molecule has 1 N–H and O–H groups in total. The molecule has 2 nitrogen and oxygen atoms in total. The lowest BCUT2D eigenvalue weighted by Gasteiger charge is -2.29. The second kappa shape index (κ2) is 5.50. The third kappa shape index (κ3) is 2.97. The van der Waals surface area contributed by atoms with Crippen molar-refractivity contribution in [3.63, 3.8) is 0 Å². The maximum Gasteiger partial charge on any atom is 0.128 e. The maximum atomic E-state index is 14.0. The van der Waals surface area contributed by atoms with Crippen LogP contribution in [0, 0.1) is 5.82 Å². The van der Waals surface area contributed by atoms with E-state index < -0.39 is 0 Å². The average Bonchev–Trinajstić information content (AvgIpc) is 2.31. The molecule has 0 amide bonds. The summed E-state index contributed by atoms with van der Waals surface area (Å²) in [6, 6.07) is 5.56. The summed E-state index contributed by atoms with van der Waals surface area (Å²) in [5, 5.41) is 3.14. The molecule has 0 bridgehead atoms. The quantitative estimate of drug-likeness (QED) is 0.867. The van der Waals surface area contributed by atoms with Gasteiger partial charge in [0, 0.05) is 12.2 Å². The summed E-state index contributed by atoms with van der Waals surface area (Å²) in [6.07, 6.45) is 2.13. The first-order valence-corrected chi connectivity index (χ1v) is 6.42. The van der Waals surface area contributed by atoms with Gasteiger partial charge in [0.1, 0.15) is 5.82 Å². The van der Waals surface area contributed by atoms with Gasteiger partial charge in [-0.3, -0.25) is 0 Å². The second-order valence-corrected chi connectivity index (χ2v) is 4.84. The van der Waals surface area contributed by atoms with Gasteiger partial charge in [0.05, 0.1) is 0 Å². The van der Waals surface area contributed by atoms with Crippen molar-refractivity contribution in [2.45, 2.75) is 25.7 Å². The Morgan fingerprint density at radius 3 is 2.65 bits per heavy atom. The van der Waals surface area contributed by atoms with Crippen molar-refractivity contribution in [2.75, 3.05) is 32.0 Å². The molecule has 1 saturated heterocycles. The molecule has 0 spiro atoms. The zero-order valence-electron chi connectivity index (χ0n) is 10.7. The van der Waals surface area contributed by atoms with Gasteiger partial charge in [-0.2, -0.15) is 0 Å². The summed E-state index contributed by atoms with van der Waals surface area (Å²) in [4.78, 5) is 2.31. The fraction of sp³-hybridized carbons (Fsp3) is 0.571. The van der Waals surface area contributed by atoms with Crippen LogP contribution in [0.1, 0.15) is 31.2 Å². The normalized spacial score (nSPS) is 18.3.